The molecule has 19 heavy (non-hydrogen) atoms. The Morgan fingerprint density at radius 2 is 2.05 bits per heavy atom. The van der Waals surface area contributed by atoms with Gasteiger partial charge in [-0.25, -0.2) is 0 Å². The van der Waals surface area contributed by atoms with Crippen LogP contribution in [0.3, 0.4) is 0 Å². The molecule has 0 saturated heterocycles. The van der Waals surface area contributed by atoms with Gasteiger partial charge < -0.3 is 5.73 Å². The molecule has 0 amide bonds. The maximum absolute atomic E-state index is 12.3. The van der Waals surface area contributed by atoms with Crippen molar-refractivity contribution >= 4 is 11.4 Å². The predicted octanol–water partition coefficient (Wildman–Crippen LogP) is 2.56. The van der Waals surface area contributed by atoms with Crippen LogP contribution in [0, 0.1) is 10.1 Å². The molecule has 0 radical (unpaired) electrons. The van der Waals surface area contributed by atoms with Gasteiger partial charge in [-0.1, -0.05) is 6.92 Å². The van der Waals surface area contributed by atoms with E-state index in [9.17, 15) is 23.3 Å². The number of alkyl halides is 3. The van der Waals surface area contributed by atoms with Crippen molar-refractivity contribution in [3.63, 3.8) is 0 Å². The Morgan fingerprint density at radius 3 is 2.53 bits per heavy atom. The number of nitrogens with zero attached hydrogens (tertiary/aromatic N) is 2. The number of anilines is 1. The van der Waals surface area contributed by atoms with Gasteiger partial charge in [-0.15, -0.1) is 0 Å². The highest BCUT2D eigenvalue weighted by atomic mass is 19.4. The lowest BCUT2D eigenvalue weighted by atomic mass is 10.1. The third-order valence-corrected chi connectivity index (χ3v) is 2.58. The average molecular weight is 277 g/mol. The number of halogens is 3. The van der Waals surface area contributed by atoms with Crippen LogP contribution in [-0.4, -0.2) is 29.1 Å². The quantitative estimate of drug-likeness (QED) is 0.510. The van der Waals surface area contributed by atoms with Crippen molar-refractivity contribution in [2.45, 2.75) is 19.6 Å². The molecule has 8 heteroatoms. The highest BCUT2D eigenvalue weighted by Gasteiger charge is 2.30. The summed E-state index contributed by atoms with van der Waals surface area (Å²) in [4.78, 5) is 11.1. The molecular weight excluding hydrogens is 263 g/mol. The molecule has 0 bridgehead atoms. The van der Waals surface area contributed by atoms with Gasteiger partial charge in [0.15, 0.2) is 0 Å². The first-order chi connectivity index (χ1) is 8.73. The van der Waals surface area contributed by atoms with Crippen molar-refractivity contribution in [1.29, 1.82) is 0 Å². The lowest BCUT2D eigenvalue weighted by Crippen LogP contribution is -2.33. The number of nitrogens with two attached hydrogens (primary N) is 1. The molecule has 106 valence electrons. The van der Waals surface area contributed by atoms with Crippen LogP contribution < -0.4 is 5.73 Å². The van der Waals surface area contributed by atoms with E-state index in [-0.39, 0.29) is 24.5 Å². The van der Waals surface area contributed by atoms with Gasteiger partial charge in [0.05, 0.1) is 11.5 Å². The third-order valence-electron chi connectivity index (χ3n) is 2.58. The number of non-ortho nitro benzene ring substituents is 1. The first-order valence-corrected chi connectivity index (χ1v) is 5.55. The second kappa shape index (κ2) is 5.87. The van der Waals surface area contributed by atoms with Crippen LogP contribution >= 0.6 is 0 Å². The number of nitro benzene ring substituents is 1. The average Bonchev–Trinajstić information content (AvgIpc) is 2.28. The zero-order chi connectivity index (χ0) is 14.6. The molecule has 0 saturated carbocycles. The Balaban J connectivity index is 2.90. The number of hydrogen-bond donors (Lipinski definition) is 1. The molecule has 0 atom stereocenters. The highest BCUT2D eigenvalue weighted by Crippen LogP contribution is 2.23. The predicted molar refractivity (Wildman–Crippen MR) is 64.5 cm³/mol. The maximum Gasteiger partial charge on any atom is 0.401 e. The van der Waals surface area contributed by atoms with E-state index in [1.807, 2.05) is 0 Å². The monoisotopic (exact) mass is 277 g/mol. The molecule has 0 aliphatic rings. The zero-order valence-corrected chi connectivity index (χ0v) is 10.3. The largest absolute Gasteiger partial charge is 0.401 e. The maximum atomic E-state index is 12.3. The normalized spacial score (nSPS) is 11.8. The summed E-state index contributed by atoms with van der Waals surface area (Å²) in [6.07, 6.45) is -4.31. The molecule has 0 aliphatic heterocycles. The standard InChI is InChI=1S/C11H14F3N3O2/c1-2-16(7-11(12,13)14)6-8-5-9(17(18)19)3-4-10(8)15/h3-5H,2,6-7,15H2,1H3. The van der Waals surface area contributed by atoms with Gasteiger partial charge in [0.25, 0.3) is 5.69 Å². The smallest absolute Gasteiger partial charge is 0.398 e. The Kier molecular flexibility index (Phi) is 4.71. The second-order valence-electron chi connectivity index (χ2n) is 4.06. The molecule has 0 fully saturated rings. The summed E-state index contributed by atoms with van der Waals surface area (Å²) >= 11 is 0. The third kappa shape index (κ3) is 4.74. The summed E-state index contributed by atoms with van der Waals surface area (Å²) in [7, 11) is 0. The highest BCUT2D eigenvalue weighted by molar-refractivity contribution is 5.52. The number of rotatable bonds is 5. The van der Waals surface area contributed by atoms with Crippen molar-refractivity contribution in [3.05, 3.63) is 33.9 Å². The molecular formula is C11H14F3N3O2. The van der Waals surface area contributed by atoms with E-state index in [2.05, 4.69) is 0 Å². The van der Waals surface area contributed by atoms with Crippen LogP contribution in [0.1, 0.15) is 12.5 Å². The SMILES string of the molecule is CCN(Cc1cc([N+](=O)[O-])ccc1N)CC(F)(F)F. The van der Waals surface area contributed by atoms with E-state index in [1.54, 1.807) is 6.92 Å². The molecule has 0 unspecified atom stereocenters. The van der Waals surface area contributed by atoms with Crippen molar-refractivity contribution in [1.82, 2.24) is 4.90 Å². The van der Waals surface area contributed by atoms with E-state index >= 15 is 0 Å². The Labute approximate surface area is 108 Å². The lowest BCUT2D eigenvalue weighted by Gasteiger charge is -2.22. The topological polar surface area (TPSA) is 72.4 Å². The Bertz CT molecular complexity index is 463. The molecule has 1 rings (SSSR count). The molecule has 1 aromatic carbocycles. The summed E-state index contributed by atoms with van der Waals surface area (Å²) in [5, 5.41) is 10.6. The number of nitrogen functional groups attached to an aromatic ring is 1. The van der Waals surface area contributed by atoms with Crippen molar-refractivity contribution < 1.29 is 18.1 Å². The van der Waals surface area contributed by atoms with E-state index < -0.39 is 17.6 Å². The van der Waals surface area contributed by atoms with Crippen LogP contribution in [0.15, 0.2) is 18.2 Å². The molecule has 0 aliphatic carbocycles. The van der Waals surface area contributed by atoms with E-state index in [0.717, 1.165) is 4.90 Å². The number of nitro groups is 1. The van der Waals surface area contributed by atoms with Crippen LogP contribution in [0.2, 0.25) is 0 Å². The summed E-state index contributed by atoms with van der Waals surface area (Å²) in [5.41, 5.74) is 6.00. The van der Waals surface area contributed by atoms with Gasteiger partial charge in [-0.2, -0.15) is 13.2 Å². The van der Waals surface area contributed by atoms with Crippen molar-refractivity contribution in [3.8, 4) is 0 Å². The number of hydrogen-bond acceptors (Lipinski definition) is 4. The fraction of sp³-hybridized carbons (Fsp3) is 0.455. The van der Waals surface area contributed by atoms with Crippen LogP contribution in [-0.2, 0) is 6.54 Å². The number of benzene rings is 1. The van der Waals surface area contributed by atoms with Crippen LogP contribution in [0.4, 0.5) is 24.5 Å². The van der Waals surface area contributed by atoms with Gasteiger partial charge in [0.2, 0.25) is 0 Å². The molecule has 1 aromatic rings. The fourth-order valence-electron chi connectivity index (χ4n) is 1.62. The van der Waals surface area contributed by atoms with Gasteiger partial charge in [0, 0.05) is 24.4 Å². The first kappa shape index (κ1) is 15.2. The minimum absolute atomic E-state index is 0.0798. The minimum Gasteiger partial charge on any atom is -0.398 e. The zero-order valence-electron chi connectivity index (χ0n) is 10.3. The molecule has 0 heterocycles. The van der Waals surface area contributed by atoms with Gasteiger partial charge in [-0.05, 0) is 18.2 Å². The van der Waals surface area contributed by atoms with Crippen molar-refractivity contribution in [2.75, 3.05) is 18.8 Å². The van der Waals surface area contributed by atoms with Gasteiger partial charge in [-0.3, -0.25) is 15.0 Å². The second-order valence-corrected chi connectivity index (χ2v) is 4.06. The molecule has 5 nitrogen and oxygen atoms in total. The van der Waals surface area contributed by atoms with E-state index in [0.29, 0.717) is 5.56 Å². The van der Waals surface area contributed by atoms with E-state index in [1.165, 1.54) is 18.2 Å². The summed E-state index contributed by atoms with van der Waals surface area (Å²) in [5.74, 6) is 0. The van der Waals surface area contributed by atoms with Crippen LogP contribution in [0.25, 0.3) is 0 Å². The molecule has 0 spiro atoms. The summed E-state index contributed by atoms with van der Waals surface area (Å²) < 4.78 is 37.0. The molecule has 0 aromatic heterocycles. The Morgan fingerprint density at radius 1 is 1.42 bits per heavy atom. The summed E-state index contributed by atoms with van der Waals surface area (Å²) in [6, 6.07) is 3.75. The Hall–Kier alpha value is -1.83. The minimum atomic E-state index is -4.31. The lowest BCUT2D eigenvalue weighted by molar-refractivity contribution is -0.384. The fourth-order valence-corrected chi connectivity index (χ4v) is 1.62. The van der Waals surface area contributed by atoms with Gasteiger partial charge >= 0.3 is 6.18 Å². The van der Waals surface area contributed by atoms with Crippen LogP contribution in [0.5, 0.6) is 0 Å². The molecule has 2 N–H and O–H groups in total. The first-order valence-electron chi connectivity index (χ1n) is 5.55. The van der Waals surface area contributed by atoms with E-state index in [4.69, 9.17) is 5.73 Å². The van der Waals surface area contributed by atoms with Crippen molar-refractivity contribution in [2.24, 2.45) is 0 Å². The van der Waals surface area contributed by atoms with Gasteiger partial charge in [0.1, 0.15) is 0 Å². The summed E-state index contributed by atoms with van der Waals surface area (Å²) in [6.45, 7) is 0.593.